The third kappa shape index (κ3) is 1.74. The number of hydrogen-bond acceptors (Lipinski definition) is 2. The van der Waals surface area contributed by atoms with Crippen molar-refractivity contribution in [3.8, 4) is 0 Å². The molecule has 0 aromatic carbocycles. The Bertz CT molecular complexity index is 132. The summed E-state index contributed by atoms with van der Waals surface area (Å²) in [4.78, 5) is 0. The number of rotatable bonds is 1. The minimum absolute atomic E-state index is 0.381. The number of hydrazine groups is 1. The fraction of sp³-hybridized carbons (Fsp3) is 1.00. The van der Waals surface area contributed by atoms with Gasteiger partial charge < -0.3 is 0 Å². The smallest absolute Gasteiger partial charge is 0.0287 e. The molecule has 0 unspecified atom stereocenters. The Morgan fingerprint density at radius 1 is 1.45 bits per heavy atom. The van der Waals surface area contributed by atoms with Gasteiger partial charge in [-0.1, -0.05) is 27.2 Å². The molecular weight excluding hydrogens is 136 g/mol. The van der Waals surface area contributed by atoms with Crippen LogP contribution in [0.1, 0.15) is 40.0 Å². The largest absolute Gasteiger partial charge is 0.271 e. The minimum Gasteiger partial charge on any atom is -0.271 e. The van der Waals surface area contributed by atoms with Gasteiger partial charge in [-0.25, -0.2) is 0 Å². The molecule has 2 atom stereocenters. The lowest BCUT2D eigenvalue weighted by Gasteiger charge is -2.42. The SMILES string of the molecule is C[C@H]1CCCC(C)(C)[C@@H]1NN. The quantitative estimate of drug-likeness (QED) is 0.447. The van der Waals surface area contributed by atoms with E-state index in [1.54, 1.807) is 0 Å². The zero-order valence-corrected chi connectivity index (χ0v) is 7.85. The van der Waals surface area contributed by atoms with Crippen LogP contribution in [0.25, 0.3) is 0 Å². The molecule has 1 aliphatic carbocycles. The summed E-state index contributed by atoms with van der Waals surface area (Å²) in [6.07, 6.45) is 3.97. The lowest BCUT2D eigenvalue weighted by atomic mass is 9.69. The highest BCUT2D eigenvalue weighted by atomic mass is 15.2. The molecule has 0 saturated heterocycles. The molecule has 0 bridgehead atoms. The fourth-order valence-electron chi connectivity index (χ4n) is 2.36. The van der Waals surface area contributed by atoms with Crippen LogP contribution in [0.4, 0.5) is 0 Å². The van der Waals surface area contributed by atoms with E-state index in [9.17, 15) is 0 Å². The standard InChI is InChI=1S/C9H20N2/c1-7-5-4-6-9(2,3)8(7)11-10/h7-8,11H,4-6,10H2,1-3H3/t7-,8+/m0/s1. The Kier molecular flexibility index (Phi) is 2.55. The molecule has 0 spiro atoms. The van der Waals surface area contributed by atoms with E-state index < -0.39 is 0 Å². The van der Waals surface area contributed by atoms with E-state index in [1.165, 1.54) is 19.3 Å². The molecular formula is C9H20N2. The van der Waals surface area contributed by atoms with E-state index in [-0.39, 0.29) is 0 Å². The van der Waals surface area contributed by atoms with E-state index in [4.69, 9.17) is 5.84 Å². The normalized spacial score (nSPS) is 37.1. The molecule has 0 radical (unpaired) electrons. The van der Waals surface area contributed by atoms with Crippen molar-refractivity contribution in [1.82, 2.24) is 5.43 Å². The predicted octanol–water partition coefficient (Wildman–Crippen LogP) is 1.66. The first-order valence-corrected chi connectivity index (χ1v) is 4.54. The molecule has 1 aliphatic rings. The molecule has 0 aromatic heterocycles. The minimum atomic E-state index is 0.381. The second-order valence-corrected chi connectivity index (χ2v) is 4.50. The summed E-state index contributed by atoms with van der Waals surface area (Å²) in [5.41, 5.74) is 3.33. The zero-order valence-electron chi connectivity index (χ0n) is 7.85. The van der Waals surface area contributed by atoms with Gasteiger partial charge in [-0.15, -0.1) is 0 Å². The van der Waals surface area contributed by atoms with Crippen LogP contribution < -0.4 is 11.3 Å². The molecule has 1 fully saturated rings. The maximum Gasteiger partial charge on any atom is 0.0287 e. The van der Waals surface area contributed by atoms with Crippen molar-refractivity contribution < 1.29 is 0 Å². The molecule has 2 heteroatoms. The van der Waals surface area contributed by atoms with Gasteiger partial charge in [0.25, 0.3) is 0 Å². The Labute approximate surface area is 69.5 Å². The Hall–Kier alpha value is -0.0800. The Morgan fingerprint density at radius 2 is 2.09 bits per heavy atom. The summed E-state index contributed by atoms with van der Waals surface area (Å²) in [7, 11) is 0. The first-order chi connectivity index (χ1) is 5.08. The average Bonchev–Trinajstić information content (AvgIpc) is 1.86. The molecule has 1 saturated carbocycles. The van der Waals surface area contributed by atoms with Crippen LogP contribution in [-0.2, 0) is 0 Å². The van der Waals surface area contributed by atoms with Crippen LogP contribution in [-0.4, -0.2) is 6.04 Å². The number of hydrogen-bond donors (Lipinski definition) is 2. The van der Waals surface area contributed by atoms with Crippen molar-refractivity contribution >= 4 is 0 Å². The van der Waals surface area contributed by atoms with Crippen molar-refractivity contribution in [3.05, 3.63) is 0 Å². The molecule has 2 nitrogen and oxygen atoms in total. The maximum atomic E-state index is 5.52. The lowest BCUT2D eigenvalue weighted by molar-refractivity contribution is 0.118. The average molecular weight is 156 g/mol. The molecule has 0 heterocycles. The van der Waals surface area contributed by atoms with Crippen LogP contribution in [0.15, 0.2) is 0 Å². The molecule has 0 aliphatic heterocycles. The van der Waals surface area contributed by atoms with Crippen LogP contribution in [0, 0.1) is 11.3 Å². The molecule has 11 heavy (non-hydrogen) atoms. The van der Waals surface area contributed by atoms with Gasteiger partial charge in [0.1, 0.15) is 0 Å². The van der Waals surface area contributed by atoms with Gasteiger partial charge in [0.05, 0.1) is 0 Å². The van der Waals surface area contributed by atoms with Gasteiger partial charge in [-0.2, -0.15) is 0 Å². The van der Waals surface area contributed by atoms with E-state index in [0.29, 0.717) is 11.5 Å². The first kappa shape index (κ1) is 9.01. The highest BCUT2D eigenvalue weighted by Crippen LogP contribution is 2.38. The number of nitrogens with one attached hydrogen (secondary N) is 1. The predicted molar refractivity (Wildman–Crippen MR) is 47.9 cm³/mol. The van der Waals surface area contributed by atoms with Crippen LogP contribution in [0.2, 0.25) is 0 Å². The van der Waals surface area contributed by atoms with Crippen molar-refractivity contribution in [2.75, 3.05) is 0 Å². The highest BCUT2D eigenvalue weighted by molar-refractivity contribution is 4.90. The Balaban J connectivity index is 2.64. The van der Waals surface area contributed by atoms with Crippen LogP contribution in [0.5, 0.6) is 0 Å². The summed E-state index contributed by atoms with van der Waals surface area (Å²) >= 11 is 0. The summed E-state index contributed by atoms with van der Waals surface area (Å²) < 4.78 is 0. The third-order valence-corrected chi connectivity index (χ3v) is 3.07. The topological polar surface area (TPSA) is 38.0 Å². The van der Waals surface area contributed by atoms with Gasteiger partial charge >= 0.3 is 0 Å². The van der Waals surface area contributed by atoms with Crippen molar-refractivity contribution in [2.45, 2.75) is 46.1 Å². The highest BCUT2D eigenvalue weighted by Gasteiger charge is 2.35. The van der Waals surface area contributed by atoms with Crippen molar-refractivity contribution in [3.63, 3.8) is 0 Å². The summed E-state index contributed by atoms with van der Waals surface area (Å²) in [5, 5.41) is 0. The van der Waals surface area contributed by atoms with E-state index in [2.05, 4.69) is 26.2 Å². The molecule has 3 N–H and O–H groups in total. The van der Waals surface area contributed by atoms with Crippen molar-refractivity contribution in [2.24, 2.45) is 17.2 Å². The zero-order chi connectivity index (χ0) is 8.48. The van der Waals surface area contributed by atoms with Crippen LogP contribution in [0.3, 0.4) is 0 Å². The molecule has 0 aromatic rings. The van der Waals surface area contributed by atoms with Gasteiger partial charge in [-0.3, -0.25) is 11.3 Å². The summed E-state index contributed by atoms with van der Waals surface area (Å²) in [5.74, 6) is 6.24. The Morgan fingerprint density at radius 3 is 2.45 bits per heavy atom. The van der Waals surface area contributed by atoms with E-state index in [0.717, 1.165) is 5.92 Å². The maximum absolute atomic E-state index is 5.52. The monoisotopic (exact) mass is 156 g/mol. The fourth-order valence-corrected chi connectivity index (χ4v) is 2.36. The van der Waals surface area contributed by atoms with Gasteiger partial charge in [0.2, 0.25) is 0 Å². The number of nitrogens with two attached hydrogens (primary N) is 1. The van der Waals surface area contributed by atoms with Gasteiger partial charge in [-0.05, 0) is 24.2 Å². The van der Waals surface area contributed by atoms with E-state index in [1.807, 2.05) is 0 Å². The summed E-state index contributed by atoms with van der Waals surface area (Å²) in [6.45, 7) is 6.88. The van der Waals surface area contributed by atoms with Gasteiger partial charge in [0, 0.05) is 6.04 Å². The second kappa shape index (κ2) is 3.11. The summed E-state index contributed by atoms with van der Waals surface area (Å²) in [6, 6.07) is 0.497. The lowest BCUT2D eigenvalue weighted by Crippen LogP contribution is -2.51. The molecule has 66 valence electrons. The molecule has 0 amide bonds. The third-order valence-electron chi connectivity index (χ3n) is 3.07. The second-order valence-electron chi connectivity index (χ2n) is 4.50. The first-order valence-electron chi connectivity index (χ1n) is 4.54. The van der Waals surface area contributed by atoms with Gasteiger partial charge in [0.15, 0.2) is 0 Å². The molecule has 1 rings (SSSR count). The van der Waals surface area contributed by atoms with Crippen molar-refractivity contribution in [1.29, 1.82) is 0 Å². The van der Waals surface area contributed by atoms with Crippen LogP contribution >= 0.6 is 0 Å². The van der Waals surface area contributed by atoms with E-state index >= 15 is 0 Å².